The second-order valence-corrected chi connectivity index (χ2v) is 11.2. The molecule has 3 rings (SSSR count). The Balaban J connectivity index is 1.96. The van der Waals surface area contributed by atoms with Gasteiger partial charge in [0.2, 0.25) is 21.8 Å². The number of hydrogen-bond acceptors (Lipinski definition) is 4. The summed E-state index contributed by atoms with van der Waals surface area (Å²) in [5.41, 5.74) is 0.190. The van der Waals surface area contributed by atoms with Crippen LogP contribution in [0.3, 0.4) is 0 Å². The van der Waals surface area contributed by atoms with Gasteiger partial charge in [-0.3, -0.25) is 14.5 Å². The summed E-state index contributed by atoms with van der Waals surface area (Å²) in [6.07, 6.45) is 7.53. The van der Waals surface area contributed by atoms with Crippen LogP contribution in [-0.2, 0) is 19.6 Å². The third kappa shape index (κ3) is 5.12. The van der Waals surface area contributed by atoms with Crippen molar-refractivity contribution in [3.8, 4) is 0 Å². The smallest absolute Gasteiger partial charge is 0.247 e. The molecule has 1 aliphatic heterocycles. The van der Waals surface area contributed by atoms with Gasteiger partial charge in [-0.1, -0.05) is 50.3 Å². The van der Waals surface area contributed by atoms with Crippen LogP contribution in [0.5, 0.6) is 0 Å². The Labute approximate surface area is 186 Å². The zero-order valence-corrected chi connectivity index (χ0v) is 19.7. The highest BCUT2D eigenvalue weighted by molar-refractivity contribution is 7.89. The van der Waals surface area contributed by atoms with Crippen LogP contribution in [0, 0.1) is 6.92 Å². The molecule has 0 radical (unpaired) electrons. The number of carbonyl (C=O) groups excluding carboxylic acids is 2. The second-order valence-electron chi connectivity index (χ2n) is 8.97. The van der Waals surface area contributed by atoms with Crippen LogP contribution in [0.15, 0.2) is 24.3 Å². The lowest BCUT2D eigenvalue weighted by molar-refractivity contribution is -0.133. The first-order valence-electron chi connectivity index (χ1n) is 11.4. The number of sulfonamides is 1. The molecule has 0 unspecified atom stereocenters. The van der Waals surface area contributed by atoms with Crippen molar-refractivity contribution in [3.05, 3.63) is 29.8 Å². The van der Waals surface area contributed by atoms with Crippen molar-refractivity contribution < 1.29 is 18.0 Å². The Kier molecular flexibility index (Phi) is 7.42. The molecular weight excluding hydrogens is 414 g/mol. The van der Waals surface area contributed by atoms with Gasteiger partial charge in [0.15, 0.2) is 0 Å². The number of aryl methyl sites for hydroxylation is 1. The molecule has 0 bridgehead atoms. The fourth-order valence-corrected chi connectivity index (χ4v) is 5.80. The van der Waals surface area contributed by atoms with E-state index in [1.807, 2.05) is 31.2 Å². The van der Waals surface area contributed by atoms with Gasteiger partial charge >= 0.3 is 0 Å². The van der Waals surface area contributed by atoms with Gasteiger partial charge in [0.05, 0.1) is 12.3 Å². The summed E-state index contributed by atoms with van der Waals surface area (Å²) in [5.74, 6) is -0.774. The van der Waals surface area contributed by atoms with Crippen LogP contribution < -0.4 is 10.2 Å². The molecule has 2 aliphatic rings. The molecule has 172 valence electrons. The Morgan fingerprint density at radius 1 is 1.13 bits per heavy atom. The Bertz CT molecular complexity index is 909. The molecule has 1 aromatic rings. The number of piperazine rings is 1. The van der Waals surface area contributed by atoms with E-state index in [0.717, 1.165) is 31.2 Å². The van der Waals surface area contributed by atoms with E-state index in [1.165, 1.54) is 28.5 Å². The van der Waals surface area contributed by atoms with Gasteiger partial charge in [-0.2, -0.15) is 4.31 Å². The lowest BCUT2D eigenvalue weighted by Gasteiger charge is -2.47. The Morgan fingerprint density at radius 3 is 2.35 bits per heavy atom. The summed E-state index contributed by atoms with van der Waals surface area (Å²) in [6.45, 7) is 4.83. The topological polar surface area (TPSA) is 86.8 Å². The SMILES string of the molecule is CCS(=O)(=O)N1CC(=O)N(c2ccccc2C)[C@](C)(C(=O)NC2CCCCCCC2)C1. The van der Waals surface area contributed by atoms with Crippen molar-refractivity contribution in [3.63, 3.8) is 0 Å². The van der Waals surface area contributed by atoms with Gasteiger partial charge in [-0.05, 0) is 45.2 Å². The summed E-state index contributed by atoms with van der Waals surface area (Å²) in [4.78, 5) is 28.4. The quantitative estimate of drug-likeness (QED) is 0.749. The number of benzene rings is 1. The fourth-order valence-electron chi connectivity index (χ4n) is 4.68. The molecule has 1 N–H and O–H groups in total. The number of para-hydroxylation sites is 1. The molecule has 1 atom stereocenters. The van der Waals surface area contributed by atoms with Crippen LogP contribution in [0.4, 0.5) is 5.69 Å². The maximum atomic E-state index is 13.7. The van der Waals surface area contributed by atoms with Crippen LogP contribution in [0.2, 0.25) is 0 Å². The number of anilines is 1. The molecule has 1 saturated carbocycles. The van der Waals surface area contributed by atoms with Crippen molar-refractivity contribution in [1.82, 2.24) is 9.62 Å². The summed E-state index contributed by atoms with van der Waals surface area (Å²) in [6, 6.07) is 7.48. The van der Waals surface area contributed by atoms with Gasteiger partial charge in [0.25, 0.3) is 0 Å². The summed E-state index contributed by atoms with van der Waals surface area (Å²) in [7, 11) is -3.61. The first-order chi connectivity index (χ1) is 14.7. The molecule has 2 amide bonds. The van der Waals surface area contributed by atoms with Crippen molar-refractivity contribution in [1.29, 1.82) is 0 Å². The van der Waals surface area contributed by atoms with E-state index < -0.39 is 15.6 Å². The molecule has 1 aromatic carbocycles. The van der Waals surface area contributed by atoms with Crippen molar-refractivity contribution in [2.75, 3.05) is 23.7 Å². The number of rotatable bonds is 5. The molecule has 0 aromatic heterocycles. The average molecular weight is 450 g/mol. The van der Waals surface area contributed by atoms with E-state index in [1.54, 1.807) is 13.8 Å². The normalized spacial score (nSPS) is 24.5. The van der Waals surface area contributed by atoms with E-state index in [9.17, 15) is 18.0 Å². The summed E-state index contributed by atoms with van der Waals surface area (Å²) < 4.78 is 26.4. The first-order valence-corrected chi connectivity index (χ1v) is 13.0. The number of amides is 2. The number of hydrogen-bond donors (Lipinski definition) is 1. The zero-order valence-electron chi connectivity index (χ0n) is 18.9. The van der Waals surface area contributed by atoms with Crippen molar-refractivity contribution in [2.24, 2.45) is 0 Å². The lowest BCUT2D eigenvalue weighted by Crippen LogP contribution is -2.71. The molecule has 1 heterocycles. The molecule has 8 heteroatoms. The van der Waals surface area contributed by atoms with Gasteiger partial charge < -0.3 is 5.32 Å². The number of carbonyl (C=O) groups is 2. The van der Waals surface area contributed by atoms with Gasteiger partial charge in [-0.15, -0.1) is 0 Å². The highest BCUT2D eigenvalue weighted by Gasteiger charge is 2.51. The fraction of sp³-hybridized carbons (Fsp3) is 0.652. The molecule has 7 nitrogen and oxygen atoms in total. The summed E-state index contributed by atoms with van der Waals surface area (Å²) in [5, 5.41) is 3.17. The minimum absolute atomic E-state index is 0.0524. The van der Waals surface area contributed by atoms with Gasteiger partial charge in [-0.25, -0.2) is 8.42 Å². The van der Waals surface area contributed by atoms with E-state index in [0.29, 0.717) is 5.69 Å². The minimum Gasteiger partial charge on any atom is -0.351 e. The second kappa shape index (κ2) is 9.69. The minimum atomic E-state index is -3.61. The highest BCUT2D eigenvalue weighted by Crippen LogP contribution is 2.33. The molecule has 1 saturated heterocycles. The predicted molar refractivity (Wildman–Crippen MR) is 122 cm³/mol. The zero-order chi connectivity index (χ0) is 22.6. The van der Waals surface area contributed by atoms with E-state index >= 15 is 0 Å². The lowest BCUT2D eigenvalue weighted by atomic mass is 9.91. The third-order valence-electron chi connectivity index (χ3n) is 6.58. The Hall–Kier alpha value is -1.93. The monoisotopic (exact) mass is 449 g/mol. The van der Waals surface area contributed by atoms with Gasteiger partial charge in [0.1, 0.15) is 5.54 Å². The molecule has 31 heavy (non-hydrogen) atoms. The van der Waals surface area contributed by atoms with Crippen molar-refractivity contribution >= 4 is 27.5 Å². The Morgan fingerprint density at radius 2 is 1.74 bits per heavy atom. The first kappa shape index (κ1) is 23.7. The number of nitrogens with zero attached hydrogens (tertiary/aromatic N) is 2. The van der Waals surface area contributed by atoms with E-state index in [-0.39, 0.29) is 36.7 Å². The van der Waals surface area contributed by atoms with Crippen LogP contribution in [0.25, 0.3) is 0 Å². The molecule has 0 spiro atoms. The average Bonchev–Trinajstić information content (AvgIpc) is 2.70. The van der Waals surface area contributed by atoms with Crippen molar-refractivity contribution in [2.45, 2.75) is 77.3 Å². The summed E-state index contributed by atoms with van der Waals surface area (Å²) >= 11 is 0. The van der Waals surface area contributed by atoms with Crippen LogP contribution >= 0.6 is 0 Å². The molecule has 1 aliphatic carbocycles. The van der Waals surface area contributed by atoms with E-state index in [4.69, 9.17) is 0 Å². The van der Waals surface area contributed by atoms with Gasteiger partial charge in [0, 0.05) is 18.3 Å². The predicted octanol–water partition coefficient (Wildman–Crippen LogP) is 2.98. The van der Waals surface area contributed by atoms with E-state index in [2.05, 4.69) is 5.32 Å². The highest BCUT2D eigenvalue weighted by atomic mass is 32.2. The standard InChI is InChI=1S/C23H35N3O4S/c1-4-31(29,30)25-16-21(27)26(20-15-11-10-12-18(20)2)23(3,17-25)22(28)24-19-13-8-6-5-7-9-14-19/h10-12,15,19H,4-9,13-14,16-17H2,1-3H3,(H,24,28)/t23-/m0/s1. The third-order valence-corrected chi connectivity index (χ3v) is 8.36. The maximum Gasteiger partial charge on any atom is 0.247 e. The van der Waals surface area contributed by atoms with Crippen LogP contribution in [-0.4, -0.2) is 55.0 Å². The largest absolute Gasteiger partial charge is 0.351 e. The maximum absolute atomic E-state index is 13.7. The molecular formula is C23H35N3O4S. The van der Waals surface area contributed by atoms with Crippen LogP contribution in [0.1, 0.15) is 64.4 Å². The number of nitrogens with one attached hydrogen (secondary N) is 1. The molecule has 2 fully saturated rings.